The van der Waals surface area contributed by atoms with Crippen molar-refractivity contribution >= 4 is 18.0 Å². The van der Waals surface area contributed by atoms with E-state index in [1.54, 1.807) is 0 Å². The molecule has 0 bridgehead atoms. The summed E-state index contributed by atoms with van der Waals surface area (Å²) < 4.78 is 1.46. The Bertz CT molecular complexity index is 1220. The molecule has 1 aromatic heterocycles. The smallest absolute Gasteiger partial charge is 0.303 e. The zero-order valence-electron chi connectivity index (χ0n) is 17.5. The molecule has 1 fully saturated rings. The number of para-hydroxylation sites is 1. The number of H-pyrrole nitrogens is 1. The molecule has 0 aliphatic carbocycles. The molecule has 3 amide bonds. The van der Waals surface area contributed by atoms with Crippen LogP contribution in [0.2, 0.25) is 0 Å². The average Bonchev–Trinajstić information content (AvgIpc) is 3.20. The number of hydrogen-bond acceptors (Lipinski definition) is 3. The maximum absolute atomic E-state index is 13.1. The van der Waals surface area contributed by atoms with E-state index >= 15 is 0 Å². The molecule has 0 spiro atoms. The second-order valence-electron chi connectivity index (χ2n) is 7.60. The average molecular weight is 416 g/mol. The molecule has 2 N–H and O–H groups in total. The summed E-state index contributed by atoms with van der Waals surface area (Å²) in [6.45, 7) is 4.15. The van der Waals surface area contributed by atoms with Crippen molar-refractivity contribution in [1.29, 1.82) is 0 Å². The van der Waals surface area contributed by atoms with E-state index in [0.717, 1.165) is 28.1 Å². The van der Waals surface area contributed by atoms with Crippen molar-refractivity contribution in [2.75, 3.05) is 0 Å². The predicted octanol–water partition coefficient (Wildman–Crippen LogP) is 3.52. The molecule has 3 aromatic rings. The van der Waals surface area contributed by atoms with Gasteiger partial charge in [0.25, 0.3) is 11.5 Å². The Hall–Kier alpha value is -3.87. The molecule has 0 radical (unpaired) electrons. The van der Waals surface area contributed by atoms with Gasteiger partial charge < -0.3 is 5.32 Å². The molecule has 0 unspecified atom stereocenters. The van der Waals surface area contributed by atoms with Crippen molar-refractivity contribution in [3.8, 4) is 5.69 Å². The van der Waals surface area contributed by atoms with Crippen molar-refractivity contribution in [2.45, 2.75) is 33.2 Å². The fourth-order valence-corrected chi connectivity index (χ4v) is 3.70. The Morgan fingerprint density at radius 1 is 1.00 bits per heavy atom. The minimum Gasteiger partial charge on any atom is -0.303 e. The molecule has 31 heavy (non-hydrogen) atoms. The van der Waals surface area contributed by atoms with Gasteiger partial charge in [0.1, 0.15) is 5.70 Å². The van der Waals surface area contributed by atoms with Crippen molar-refractivity contribution in [3.63, 3.8) is 0 Å². The summed E-state index contributed by atoms with van der Waals surface area (Å²) in [5.41, 5.74) is 3.57. The summed E-state index contributed by atoms with van der Waals surface area (Å²) in [5, 5.41) is 5.77. The maximum atomic E-state index is 13.1. The monoisotopic (exact) mass is 416 g/mol. The summed E-state index contributed by atoms with van der Waals surface area (Å²) in [6.07, 6.45) is 2.95. The van der Waals surface area contributed by atoms with Crippen LogP contribution in [0.4, 0.5) is 4.79 Å². The number of urea groups is 1. The third-order valence-corrected chi connectivity index (χ3v) is 5.19. The standard InChI is InChI=1S/C24H24N4O3/c1-3-8-20-19(22(29)28(26-20)18-11-5-4-6-12-18)14-21-23(30)27(24(31)25-21)15-17-10-7-9-16(2)13-17/h4-7,9-14,26H,3,8,15H2,1-2H3,(H,25,31). The number of amides is 3. The van der Waals surface area contributed by atoms with E-state index in [2.05, 4.69) is 10.4 Å². The number of imide groups is 1. The zero-order chi connectivity index (χ0) is 22.0. The molecule has 158 valence electrons. The Morgan fingerprint density at radius 2 is 1.77 bits per heavy atom. The molecule has 2 aromatic carbocycles. The molecule has 1 aliphatic heterocycles. The first-order chi connectivity index (χ1) is 15.0. The lowest BCUT2D eigenvalue weighted by atomic mass is 10.1. The lowest BCUT2D eigenvalue weighted by molar-refractivity contribution is -0.123. The molecular formula is C24H24N4O3. The van der Waals surface area contributed by atoms with Crippen LogP contribution in [0, 0.1) is 6.92 Å². The molecule has 1 saturated heterocycles. The van der Waals surface area contributed by atoms with Gasteiger partial charge in [0.2, 0.25) is 0 Å². The van der Waals surface area contributed by atoms with E-state index in [-0.39, 0.29) is 17.8 Å². The lowest BCUT2D eigenvalue weighted by Gasteiger charge is -2.12. The summed E-state index contributed by atoms with van der Waals surface area (Å²) in [5.74, 6) is -0.444. The predicted molar refractivity (Wildman–Crippen MR) is 119 cm³/mol. The summed E-state index contributed by atoms with van der Waals surface area (Å²) in [7, 11) is 0. The molecule has 7 heteroatoms. The van der Waals surface area contributed by atoms with Gasteiger partial charge in [0, 0.05) is 5.69 Å². The summed E-state index contributed by atoms with van der Waals surface area (Å²) >= 11 is 0. The second-order valence-corrected chi connectivity index (χ2v) is 7.60. The van der Waals surface area contributed by atoms with Gasteiger partial charge >= 0.3 is 6.03 Å². The first-order valence-electron chi connectivity index (χ1n) is 10.3. The van der Waals surface area contributed by atoms with Crippen LogP contribution in [-0.4, -0.2) is 26.6 Å². The molecule has 1 aliphatic rings. The number of nitrogens with zero attached hydrogens (tertiary/aromatic N) is 2. The van der Waals surface area contributed by atoms with E-state index in [4.69, 9.17) is 0 Å². The van der Waals surface area contributed by atoms with Gasteiger partial charge in [-0.2, -0.15) is 0 Å². The quantitative estimate of drug-likeness (QED) is 0.476. The largest absolute Gasteiger partial charge is 0.329 e. The highest BCUT2D eigenvalue weighted by Crippen LogP contribution is 2.19. The van der Waals surface area contributed by atoms with Gasteiger partial charge in [-0.25, -0.2) is 9.48 Å². The molecule has 2 heterocycles. The second kappa shape index (κ2) is 8.47. The maximum Gasteiger partial charge on any atom is 0.329 e. The summed E-state index contributed by atoms with van der Waals surface area (Å²) in [6, 6.07) is 16.4. The third kappa shape index (κ3) is 4.07. The minimum absolute atomic E-state index is 0.103. The highest BCUT2D eigenvalue weighted by molar-refractivity contribution is 6.13. The number of aromatic nitrogens is 2. The zero-order valence-corrected chi connectivity index (χ0v) is 17.5. The number of rotatable bonds is 6. The van der Waals surface area contributed by atoms with Gasteiger partial charge in [-0.1, -0.05) is 61.4 Å². The fourth-order valence-electron chi connectivity index (χ4n) is 3.70. The van der Waals surface area contributed by atoms with E-state index in [1.807, 2.05) is 68.4 Å². The molecule has 7 nitrogen and oxygen atoms in total. The molecule has 0 saturated carbocycles. The number of aryl methyl sites for hydroxylation is 2. The van der Waals surface area contributed by atoms with Gasteiger partial charge in [-0.05, 0) is 37.1 Å². The molecule has 0 atom stereocenters. The lowest BCUT2D eigenvalue weighted by Crippen LogP contribution is -2.30. The van der Waals surface area contributed by atoms with Gasteiger partial charge in [-0.15, -0.1) is 0 Å². The number of hydrogen-bond donors (Lipinski definition) is 2. The van der Waals surface area contributed by atoms with Crippen LogP contribution in [0.25, 0.3) is 11.8 Å². The Labute approximate surface area is 180 Å². The van der Waals surface area contributed by atoms with Crippen LogP contribution >= 0.6 is 0 Å². The van der Waals surface area contributed by atoms with Crippen molar-refractivity contribution in [1.82, 2.24) is 20.0 Å². The van der Waals surface area contributed by atoms with E-state index in [0.29, 0.717) is 17.7 Å². The topological polar surface area (TPSA) is 87.2 Å². The number of nitrogens with one attached hydrogen (secondary N) is 2. The van der Waals surface area contributed by atoms with Crippen molar-refractivity contribution < 1.29 is 9.59 Å². The normalized spacial score (nSPS) is 15.0. The fraction of sp³-hybridized carbons (Fsp3) is 0.208. The number of benzene rings is 2. The summed E-state index contributed by atoms with van der Waals surface area (Å²) in [4.78, 5) is 39.6. The number of carbonyl (C=O) groups is 2. The van der Waals surface area contributed by atoms with Crippen LogP contribution in [0.1, 0.15) is 35.7 Å². The van der Waals surface area contributed by atoms with Gasteiger partial charge in [0.15, 0.2) is 0 Å². The Morgan fingerprint density at radius 3 is 2.48 bits per heavy atom. The first-order valence-corrected chi connectivity index (χ1v) is 10.3. The van der Waals surface area contributed by atoms with Crippen molar-refractivity contribution in [2.24, 2.45) is 0 Å². The van der Waals surface area contributed by atoms with Crippen LogP contribution in [0.5, 0.6) is 0 Å². The van der Waals surface area contributed by atoms with Crippen LogP contribution in [0.15, 0.2) is 65.1 Å². The van der Waals surface area contributed by atoms with Crippen LogP contribution in [0.3, 0.4) is 0 Å². The van der Waals surface area contributed by atoms with Crippen LogP contribution in [-0.2, 0) is 17.8 Å². The van der Waals surface area contributed by atoms with E-state index in [9.17, 15) is 14.4 Å². The van der Waals surface area contributed by atoms with E-state index in [1.165, 1.54) is 10.8 Å². The third-order valence-electron chi connectivity index (χ3n) is 5.19. The highest BCUT2D eigenvalue weighted by Gasteiger charge is 2.34. The minimum atomic E-state index is -0.492. The number of aromatic amines is 1. The van der Waals surface area contributed by atoms with Gasteiger partial charge in [0.05, 0.1) is 17.8 Å². The van der Waals surface area contributed by atoms with E-state index < -0.39 is 11.9 Å². The molecule has 4 rings (SSSR count). The Kier molecular flexibility index (Phi) is 5.58. The Balaban J connectivity index is 1.68. The van der Waals surface area contributed by atoms with Crippen LogP contribution < -0.4 is 10.9 Å². The van der Waals surface area contributed by atoms with Gasteiger partial charge in [-0.3, -0.25) is 19.6 Å². The number of carbonyl (C=O) groups excluding carboxylic acids is 2. The SMILES string of the molecule is CCCc1[nH]n(-c2ccccc2)c(=O)c1C=C1NC(=O)N(Cc2cccc(C)c2)C1=O. The highest BCUT2D eigenvalue weighted by atomic mass is 16.2. The first kappa shape index (κ1) is 20.4. The molecular weight excluding hydrogens is 392 g/mol. The van der Waals surface area contributed by atoms with Crippen molar-refractivity contribution in [3.05, 3.63) is 93.0 Å².